The van der Waals surface area contributed by atoms with Crippen molar-refractivity contribution in [1.82, 2.24) is 4.90 Å². The molecule has 112 valence electrons. The number of carbonyl (C=O) groups excluding carboxylic acids is 2. The second-order valence-electron chi connectivity index (χ2n) is 4.13. The van der Waals surface area contributed by atoms with E-state index in [1.807, 2.05) is 0 Å². The largest absolute Gasteiger partial charge is 0.435 e. The molecule has 1 heterocycles. The Morgan fingerprint density at radius 2 is 1.95 bits per heavy atom. The first-order chi connectivity index (χ1) is 10.0. The summed E-state index contributed by atoms with van der Waals surface area (Å²) in [6.45, 7) is -2.15. The minimum absolute atomic E-state index is 0.0345. The number of ether oxygens (including phenoxy) is 1. The predicted molar refractivity (Wildman–Crippen MR) is 73.5 cm³/mol. The second-order valence-corrected chi connectivity index (χ2v) is 5.13. The molecule has 0 atom stereocenters. The molecule has 0 spiro atoms. The van der Waals surface area contributed by atoms with Crippen molar-refractivity contribution in [2.45, 2.75) is 6.61 Å². The van der Waals surface area contributed by atoms with E-state index < -0.39 is 6.61 Å². The van der Waals surface area contributed by atoms with Gasteiger partial charge in [-0.2, -0.15) is 8.78 Å². The van der Waals surface area contributed by atoms with Crippen molar-refractivity contribution in [2.75, 3.05) is 13.1 Å². The van der Waals surface area contributed by atoms with Crippen LogP contribution in [0, 0.1) is 0 Å². The monoisotopic (exact) mass is 315 g/mol. The van der Waals surface area contributed by atoms with Crippen molar-refractivity contribution < 1.29 is 28.8 Å². The summed E-state index contributed by atoms with van der Waals surface area (Å²) < 4.78 is 28.3. The summed E-state index contributed by atoms with van der Waals surface area (Å²) in [5.41, 5.74) is 4.23. The Kier molecular flexibility index (Phi) is 4.92. The molecule has 0 unspecified atom stereocenters. The summed E-state index contributed by atoms with van der Waals surface area (Å²) in [7, 11) is 0. The van der Waals surface area contributed by atoms with Gasteiger partial charge in [0.1, 0.15) is 5.75 Å². The van der Waals surface area contributed by atoms with Gasteiger partial charge < -0.3 is 10.5 Å². The number of alkyl halides is 2. The van der Waals surface area contributed by atoms with Crippen LogP contribution in [0.3, 0.4) is 0 Å². The molecule has 1 aromatic rings. The van der Waals surface area contributed by atoms with Gasteiger partial charge in [-0.05, 0) is 35.5 Å². The zero-order valence-electron chi connectivity index (χ0n) is 10.9. The molecule has 21 heavy (non-hydrogen) atoms. The average molecular weight is 315 g/mol. The molecule has 1 aromatic carbocycles. The number of quaternary nitrogens is 1. The highest BCUT2D eigenvalue weighted by Crippen LogP contribution is 2.32. The van der Waals surface area contributed by atoms with E-state index >= 15 is 0 Å². The van der Waals surface area contributed by atoms with Gasteiger partial charge in [0.25, 0.3) is 11.1 Å². The predicted octanol–water partition coefficient (Wildman–Crippen LogP) is 1.57. The molecule has 1 fully saturated rings. The molecule has 0 aromatic heterocycles. The molecule has 1 aliphatic rings. The zero-order chi connectivity index (χ0) is 15.4. The van der Waals surface area contributed by atoms with E-state index in [1.165, 1.54) is 24.3 Å². The summed E-state index contributed by atoms with van der Waals surface area (Å²) in [4.78, 5) is 25.1. The van der Waals surface area contributed by atoms with Gasteiger partial charge in [-0.25, -0.2) is 0 Å². The third-order valence-electron chi connectivity index (χ3n) is 2.66. The van der Waals surface area contributed by atoms with Crippen LogP contribution in [0.25, 0.3) is 6.08 Å². The Labute approximate surface area is 123 Å². The Morgan fingerprint density at radius 3 is 2.52 bits per heavy atom. The molecule has 1 saturated heterocycles. The number of amides is 2. The van der Waals surface area contributed by atoms with E-state index in [4.69, 9.17) is 0 Å². The van der Waals surface area contributed by atoms with Crippen LogP contribution in [0.15, 0.2) is 29.2 Å². The average Bonchev–Trinajstić information content (AvgIpc) is 2.69. The molecule has 2 amide bonds. The van der Waals surface area contributed by atoms with Gasteiger partial charge >= 0.3 is 6.61 Å². The molecule has 2 rings (SSSR count). The van der Waals surface area contributed by atoms with Crippen LogP contribution in [-0.2, 0) is 4.79 Å². The maximum Gasteiger partial charge on any atom is 0.387 e. The quantitative estimate of drug-likeness (QED) is 0.837. The zero-order valence-corrected chi connectivity index (χ0v) is 11.7. The molecule has 0 saturated carbocycles. The number of halogens is 2. The van der Waals surface area contributed by atoms with Gasteiger partial charge in [0, 0.05) is 0 Å². The summed E-state index contributed by atoms with van der Waals surface area (Å²) >= 11 is 0.851. The minimum Gasteiger partial charge on any atom is -0.435 e. The van der Waals surface area contributed by atoms with E-state index in [0.29, 0.717) is 17.0 Å². The van der Waals surface area contributed by atoms with Crippen LogP contribution in [0.2, 0.25) is 0 Å². The second kappa shape index (κ2) is 6.68. The van der Waals surface area contributed by atoms with Crippen molar-refractivity contribution in [2.24, 2.45) is 0 Å². The molecule has 0 radical (unpaired) electrons. The molecular weight excluding hydrogens is 302 g/mol. The lowest BCUT2D eigenvalue weighted by molar-refractivity contribution is -0.367. The Balaban J connectivity index is 2.13. The third kappa shape index (κ3) is 3.79. The first-order valence-electron chi connectivity index (χ1n) is 6.10. The number of carbonyl (C=O) groups is 2. The van der Waals surface area contributed by atoms with Crippen molar-refractivity contribution in [1.29, 1.82) is 0 Å². The SMILES string of the molecule is [NH3+]CCN1C(=O)S/C(=C\c2ccc(OC(F)F)cc2)C1=O. The number of thioether (sulfide) groups is 1. The topological polar surface area (TPSA) is 74.2 Å². The fourth-order valence-electron chi connectivity index (χ4n) is 1.75. The third-order valence-corrected chi connectivity index (χ3v) is 3.57. The Morgan fingerprint density at radius 1 is 1.29 bits per heavy atom. The van der Waals surface area contributed by atoms with Crippen LogP contribution in [-0.4, -0.2) is 35.7 Å². The lowest BCUT2D eigenvalue weighted by Crippen LogP contribution is -2.55. The van der Waals surface area contributed by atoms with Crippen molar-refractivity contribution in [3.8, 4) is 5.75 Å². The maximum atomic E-state index is 12.0. The molecule has 3 N–H and O–H groups in total. The number of hydrogen-bond donors (Lipinski definition) is 1. The molecule has 0 bridgehead atoms. The van der Waals surface area contributed by atoms with Gasteiger partial charge in [0.15, 0.2) is 0 Å². The van der Waals surface area contributed by atoms with Gasteiger partial charge in [-0.15, -0.1) is 0 Å². The summed E-state index contributed by atoms with van der Waals surface area (Å²) in [5, 5.41) is -0.326. The maximum absolute atomic E-state index is 12.0. The molecular formula is C13H13F2N2O3S+. The first-order valence-corrected chi connectivity index (χ1v) is 6.92. The summed E-state index contributed by atoms with van der Waals surface area (Å²) in [5.74, 6) is -0.325. The van der Waals surface area contributed by atoms with Crippen LogP contribution >= 0.6 is 11.8 Å². The van der Waals surface area contributed by atoms with Crippen molar-refractivity contribution in [3.63, 3.8) is 0 Å². The summed E-state index contributed by atoms with van der Waals surface area (Å²) in [6, 6.07) is 5.82. The van der Waals surface area contributed by atoms with Gasteiger partial charge in [-0.1, -0.05) is 12.1 Å². The summed E-state index contributed by atoms with van der Waals surface area (Å²) in [6.07, 6.45) is 1.54. The van der Waals surface area contributed by atoms with Crippen LogP contribution < -0.4 is 10.5 Å². The first kappa shape index (κ1) is 15.5. The molecule has 0 aliphatic carbocycles. The highest BCUT2D eigenvalue weighted by Gasteiger charge is 2.34. The van der Waals surface area contributed by atoms with Crippen LogP contribution in [0.5, 0.6) is 5.75 Å². The van der Waals surface area contributed by atoms with Gasteiger partial charge in [-0.3, -0.25) is 14.5 Å². The standard InChI is InChI=1S/C13H12F2N2O3S/c14-12(15)20-9-3-1-8(2-4-9)7-10-11(18)17(6-5-16)13(19)21-10/h1-4,7,12H,5-6,16H2/p+1/b10-7-. The Hall–Kier alpha value is -1.93. The lowest BCUT2D eigenvalue weighted by Gasteiger charge is -2.08. The number of benzene rings is 1. The van der Waals surface area contributed by atoms with Gasteiger partial charge in [0.2, 0.25) is 0 Å². The van der Waals surface area contributed by atoms with E-state index in [9.17, 15) is 18.4 Å². The van der Waals surface area contributed by atoms with E-state index in [-0.39, 0.29) is 23.4 Å². The lowest BCUT2D eigenvalue weighted by atomic mass is 10.2. The fraction of sp³-hybridized carbons (Fsp3) is 0.231. The van der Waals surface area contributed by atoms with E-state index in [1.54, 1.807) is 6.08 Å². The number of hydrogen-bond acceptors (Lipinski definition) is 4. The minimum atomic E-state index is -2.88. The van der Waals surface area contributed by atoms with Gasteiger partial charge in [0.05, 0.1) is 18.0 Å². The molecule has 5 nitrogen and oxygen atoms in total. The smallest absolute Gasteiger partial charge is 0.387 e. The number of nitrogens with zero attached hydrogens (tertiary/aromatic N) is 1. The van der Waals surface area contributed by atoms with Crippen molar-refractivity contribution in [3.05, 3.63) is 34.7 Å². The number of imide groups is 1. The van der Waals surface area contributed by atoms with Crippen molar-refractivity contribution >= 4 is 29.0 Å². The molecule has 8 heteroatoms. The highest BCUT2D eigenvalue weighted by molar-refractivity contribution is 8.18. The fourth-order valence-corrected chi connectivity index (χ4v) is 2.61. The normalized spacial score (nSPS) is 17.1. The van der Waals surface area contributed by atoms with Crippen LogP contribution in [0.1, 0.15) is 5.56 Å². The highest BCUT2D eigenvalue weighted by atomic mass is 32.2. The number of rotatable bonds is 5. The van der Waals surface area contributed by atoms with Crippen LogP contribution in [0.4, 0.5) is 13.6 Å². The van der Waals surface area contributed by atoms with E-state index in [2.05, 4.69) is 10.5 Å². The Bertz CT molecular complexity index is 575. The molecule has 1 aliphatic heterocycles. The van der Waals surface area contributed by atoms with E-state index in [0.717, 1.165) is 16.7 Å².